The summed E-state index contributed by atoms with van der Waals surface area (Å²) in [6.07, 6.45) is 7.17. The third kappa shape index (κ3) is 6.61. The molecule has 0 fully saturated rings. The molecule has 0 aromatic rings. The Hall–Kier alpha value is -0.300. The molecule has 0 aliphatic heterocycles. The van der Waals surface area contributed by atoms with E-state index in [0.717, 1.165) is 11.8 Å². The molecule has 114 valence electrons. The van der Waals surface area contributed by atoms with Crippen LogP contribution < -0.4 is 5.73 Å². The number of hydrogen-bond acceptors (Lipinski definition) is 1. The highest BCUT2D eigenvalue weighted by Crippen LogP contribution is 2.30. The van der Waals surface area contributed by atoms with Crippen LogP contribution in [0, 0.1) is 23.7 Å². The summed E-state index contributed by atoms with van der Waals surface area (Å²) in [5, 5.41) is 0. The minimum absolute atomic E-state index is 0.332. The lowest BCUT2D eigenvalue weighted by molar-refractivity contribution is 0.220. The summed E-state index contributed by atoms with van der Waals surface area (Å²) in [5.74, 6) is 2.75. The molecular formula is C18H37N. The van der Waals surface area contributed by atoms with Gasteiger partial charge in [0.05, 0.1) is 0 Å². The van der Waals surface area contributed by atoms with Crippen molar-refractivity contribution in [3.63, 3.8) is 0 Å². The van der Waals surface area contributed by atoms with E-state index in [1.807, 2.05) is 0 Å². The fraction of sp³-hybridized carbons (Fsp3) is 0.889. The van der Waals surface area contributed by atoms with Gasteiger partial charge in [-0.3, -0.25) is 0 Å². The molecule has 0 aliphatic rings. The third-order valence-corrected chi connectivity index (χ3v) is 5.17. The minimum atomic E-state index is 0.332. The maximum atomic E-state index is 6.62. The molecule has 0 radical (unpaired) electrons. The van der Waals surface area contributed by atoms with Gasteiger partial charge < -0.3 is 5.73 Å². The summed E-state index contributed by atoms with van der Waals surface area (Å²) in [6, 6.07) is 0.332. The summed E-state index contributed by atoms with van der Waals surface area (Å²) in [7, 11) is 0. The molecule has 0 aromatic heterocycles. The molecule has 2 N–H and O–H groups in total. The van der Waals surface area contributed by atoms with E-state index in [1.54, 1.807) is 0 Å². The zero-order chi connectivity index (χ0) is 15.0. The molecule has 0 aromatic carbocycles. The van der Waals surface area contributed by atoms with Gasteiger partial charge in [0.2, 0.25) is 0 Å². The molecule has 0 spiro atoms. The van der Waals surface area contributed by atoms with E-state index in [1.165, 1.54) is 31.3 Å². The third-order valence-electron chi connectivity index (χ3n) is 5.17. The second-order valence-electron chi connectivity index (χ2n) is 6.67. The van der Waals surface area contributed by atoms with E-state index in [-0.39, 0.29) is 0 Å². The van der Waals surface area contributed by atoms with Crippen molar-refractivity contribution in [1.82, 2.24) is 0 Å². The van der Waals surface area contributed by atoms with E-state index < -0.39 is 0 Å². The van der Waals surface area contributed by atoms with Gasteiger partial charge in [0.1, 0.15) is 0 Å². The Kier molecular flexibility index (Phi) is 9.43. The molecule has 0 bridgehead atoms. The zero-order valence-electron chi connectivity index (χ0n) is 14.4. The van der Waals surface area contributed by atoms with E-state index >= 15 is 0 Å². The van der Waals surface area contributed by atoms with Crippen LogP contribution in [0.25, 0.3) is 0 Å². The first kappa shape index (κ1) is 18.7. The number of rotatable bonds is 9. The minimum Gasteiger partial charge on any atom is -0.327 e. The molecule has 0 rings (SSSR count). The van der Waals surface area contributed by atoms with Crippen LogP contribution in [0.2, 0.25) is 0 Å². The van der Waals surface area contributed by atoms with Crippen LogP contribution in [0.5, 0.6) is 0 Å². The normalized spacial score (nSPS) is 20.7. The largest absolute Gasteiger partial charge is 0.327 e. The Morgan fingerprint density at radius 1 is 1.11 bits per heavy atom. The Morgan fingerprint density at radius 3 is 2.11 bits per heavy atom. The highest BCUT2D eigenvalue weighted by Gasteiger charge is 2.27. The van der Waals surface area contributed by atoms with Crippen LogP contribution in [0.1, 0.15) is 74.1 Å². The quantitative estimate of drug-likeness (QED) is 0.556. The Balaban J connectivity index is 4.79. The van der Waals surface area contributed by atoms with Gasteiger partial charge in [0.15, 0.2) is 0 Å². The van der Waals surface area contributed by atoms with Crippen LogP contribution in [0.15, 0.2) is 11.6 Å². The molecule has 19 heavy (non-hydrogen) atoms. The monoisotopic (exact) mass is 267 g/mol. The molecule has 1 heteroatoms. The molecule has 0 amide bonds. The van der Waals surface area contributed by atoms with E-state index in [2.05, 4.69) is 54.5 Å². The fourth-order valence-corrected chi connectivity index (χ4v) is 2.77. The SMILES string of the molecule is C/C=C(\C)CC(CC(C)CC)C(N)C(C)C(C)CC. The molecule has 5 atom stereocenters. The van der Waals surface area contributed by atoms with Gasteiger partial charge in [0.25, 0.3) is 0 Å². The van der Waals surface area contributed by atoms with Crippen molar-refractivity contribution in [3.8, 4) is 0 Å². The van der Waals surface area contributed by atoms with Crippen LogP contribution in [0.4, 0.5) is 0 Å². The first-order valence-corrected chi connectivity index (χ1v) is 8.24. The highest BCUT2D eigenvalue weighted by atomic mass is 14.7. The molecule has 5 unspecified atom stereocenters. The predicted molar refractivity (Wildman–Crippen MR) is 88.2 cm³/mol. The Labute approximate surface area is 122 Å². The lowest BCUT2D eigenvalue weighted by Crippen LogP contribution is -2.40. The smallest absolute Gasteiger partial charge is 0.00986 e. The average molecular weight is 268 g/mol. The molecule has 0 saturated heterocycles. The van der Waals surface area contributed by atoms with Gasteiger partial charge in [-0.15, -0.1) is 0 Å². The summed E-state index contributed by atoms with van der Waals surface area (Å²) < 4.78 is 0. The van der Waals surface area contributed by atoms with Gasteiger partial charge in [-0.1, -0.05) is 59.1 Å². The first-order valence-electron chi connectivity index (χ1n) is 8.24. The second kappa shape index (κ2) is 9.58. The van der Waals surface area contributed by atoms with Crippen molar-refractivity contribution < 1.29 is 0 Å². The van der Waals surface area contributed by atoms with Crippen molar-refractivity contribution in [3.05, 3.63) is 11.6 Å². The molecule has 0 heterocycles. The number of hydrogen-bond donors (Lipinski definition) is 1. The number of allylic oxidation sites excluding steroid dienone is 2. The summed E-state index contributed by atoms with van der Waals surface area (Å²) in [6.45, 7) is 16.0. The summed E-state index contributed by atoms with van der Waals surface area (Å²) >= 11 is 0. The average Bonchev–Trinajstić information content (AvgIpc) is 2.43. The Bertz CT molecular complexity index is 256. The first-order chi connectivity index (χ1) is 8.87. The van der Waals surface area contributed by atoms with E-state index in [4.69, 9.17) is 5.73 Å². The van der Waals surface area contributed by atoms with Crippen LogP contribution >= 0.6 is 0 Å². The van der Waals surface area contributed by atoms with E-state index in [0.29, 0.717) is 17.9 Å². The molecule has 1 nitrogen and oxygen atoms in total. The van der Waals surface area contributed by atoms with Crippen LogP contribution in [-0.4, -0.2) is 6.04 Å². The Morgan fingerprint density at radius 2 is 1.68 bits per heavy atom. The van der Waals surface area contributed by atoms with Crippen molar-refractivity contribution >= 4 is 0 Å². The zero-order valence-corrected chi connectivity index (χ0v) is 14.4. The molecule has 0 aliphatic carbocycles. The van der Waals surface area contributed by atoms with Gasteiger partial charge in [-0.05, 0) is 50.4 Å². The van der Waals surface area contributed by atoms with E-state index in [9.17, 15) is 0 Å². The fourth-order valence-electron chi connectivity index (χ4n) is 2.77. The van der Waals surface area contributed by atoms with Crippen LogP contribution in [0.3, 0.4) is 0 Å². The standard InChI is InChI=1S/C18H37N/c1-8-13(4)11-17(12-14(5)9-2)18(19)16(7)15(6)10-3/h8,14-18H,9-12,19H2,1-7H3/b13-8+. The van der Waals surface area contributed by atoms with Gasteiger partial charge in [0, 0.05) is 6.04 Å². The lowest BCUT2D eigenvalue weighted by Gasteiger charge is -2.33. The topological polar surface area (TPSA) is 26.0 Å². The highest BCUT2D eigenvalue weighted by molar-refractivity contribution is 4.99. The molecular weight excluding hydrogens is 230 g/mol. The summed E-state index contributed by atoms with van der Waals surface area (Å²) in [4.78, 5) is 0. The van der Waals surface area contributed by atoms with Gasteiger partial charge >= 0.3 is 0 Å². The van der Waals surface area contributed by atoms with Crippen molar-refractivity contribution in [2.75, 3.05) is 0 Å². The van der Waals surface area contributed by atoms with Crippen molar-refractivity contribution in [1.29, 1.82) is 0 Å². The predicted octanol–water partition coefficient (Wildman–Crippen LogP) is 5.40. The number of nitrogens with two attached hydrogens (primary N) is 1. The lowest BCUT2D eigenvalue weighted by atomic mass is 9.75. The van der Waals surface area contributed by atoms with Crippen molar-refractivity contribution in [2.24, 2.45) is 29.4 Å². The molecule has 0 saturated carbocycles. The van der Waals surface area contributed by atoms with Crippen LogP contribution in [-0.2, 0) is 0 Å². The maximum absolute atomic E-state index is 6.62. The van der Waals surface area contributed by atoms with Gasteiger partial charge in [-0.2, -0.15) is 0 Å². The second-order valence-corrected chi connectivity index (χ2v) is 6.67. The van der Waals surface area contributed by atoms with Crippen molar-refractivity contribution in [2.45, 2.75) is 80.2 Å². The maximum Gasteiger partial charge on any atom is 0.00986 e. The van der Waals surface area contributed by atoms with Gasteiger partial charge in [-0.25, -0.2) is 0 Å². The summed E-state index contributed by atoms with van der Waals surface area (Å²) in [5.41, 5.74) is 8.10.